The zero-order valence-electron chi connectivity index (χ0n) is 10.1. The van der Waals surface area contributed by atoms with E-state index in [1.165, 1.54) is 0 Å². The monoisotopic (exact) mass is 340 g/mol. The molecule has 0 N–H and O–H groups in total. The van der Waals surface area contributed by atoms with Crippen molar-refractivity contribution in [3.8, 4) is 0 Å². The Kier molecular flexibility index (Phi) is 6.76. The first-order valence-electron chi connectivity index (χ1n) is 5.42. The molecule has 0 aromatic carbocycles. The fourth-order valence-corrected chi connectivity index (χ4v) is 1.82. The van der Waals surface area contributed by atoms with E-state index in [1.807, 2.05) is 0 Å². The average Bonchev–Trinajstić information content (AvgIpc) is 2.90. The SMILES string of the molecule is CC1(C(Cl)Cl)OCCO1.CC1(C(Cl)Cl)OCCO1. The molecule has 0 aromatic heterocycles. The van der Waals surface area contributed by atoms with Gasteiger partial charge < -0.3 is 18.9 Å². The summed E-state index contributed by atoms with van der Waals surface area (Å²) in [5.41, 5.74) is 0. The highest BCUT2D eigenvalue weighted by Gasteiger charge is 2.38. The van der Waals surface area contributed by atoms with Gasteiger partial charge in [0, 0.05) is 0 Å². The van der Waals surface area contributed by atoms with Crippen LogP contribution in [0.1, 0.15) is 13.8 Å². The van der Waals surface area contributed by atoms with Crippen LogP contribution in [0.15, 0.2) is 0 Å². The van der Waals surface area contributed by atoms with Crippen molar-refractivity contribution in [3.63, 3.8) is 0 Å². The number of rotatable bonds is 2. The van der Waals surface area contributed by atoms with E-state index in [2.05, 4.69) is 0 Å². The van der Waals surface area contributed by atoms with Crippen LogP contribution in [-0.4, -0.2) is 47.7 Å². The van der Waals surface area contributed by atoms with Crippen molar-refractivity contribution >= 4 is 46.4 Å². The van der Waals surface area contributed by atoms with Crippen molar-refractivity contribution in [2.45, 2.75) is 35.1 Å². The van der Waals surface area contributed by atoms with E-state index in [1.54, 1.807) is 13.8 Å². The first kappa shape index (κ1) is 17.1. The smallest absolute Gasteiger partial charge is 0.195 e. The van der Waals surface area contributed by atoms with Gasteiger partial charge in [0.05, 0.1) is 26.4 Å². The van der Waals surface area contributed by atoms with Crippen molar-refractivity contribution in [2.75, 3.05) is 26.4 Å². The highest BCUT2D eigenvalue weighted by atomic mass is 35.5. The maximum Gasteiger partial charge on any atom is 0.195 e. The van der Waals surface area contributed by atoms with Crippen LogP contribution < -0.4 is 0 Å². The molecule has 0 unspecified atom stereocenters. The molecule has 2 heterocycles. The Morgan fingerprint density at radius 3 is 1.00 bits per heavy atom. The molecule has 108 valence electrons. The third kappa shape index (κ3) is 4.53. The van der Waals surface area contributed by atoms with Crippen LogP contribution >= 0.6 is 46.4 Å². The Bertz CT molecular complexity index is 224. The van der Waals surface area contributed by atoms with E-state index in [-0.39, 0.29) is 0 Å². The summed E-state index contributed by atoms with van der Waals surface area (Å²) < 4.78 is 20.5. The summed E-state index contributed by atoms with van der Waals surface area (Å²) in [7, 11) is 0. The van der Waals surface area contributed by atoms with E-state index in [0.29, 0.717) is 26.4 Å². The molecule has 0 bridgehead atoms. The van der Waals surface area contributed by atoms with Crippen molar-refractivity contribution in [3.05, 3.63) is 0 Å². The van der Waals surface area contributed by atoms with Gasteiger partial charge in [-0.3, -0.25) is 0 Å². The number of hydrogen-bond donors (Lipinski definition) is 0. The van der Waals surface area contributed by atoms with Gasteiger partial charge in [-0.05, 0) is 13.8 Å². The summed E-state index contributed by atoms with van der Waals surface area (Å²) in [6.45, 7) is 5.76. The van der Waals surface area contributed by atoms with Crippen LogP contribution in [0.2, 0.25) is 0 Å². The minimum Gasteiger partial charge on any atom is -0.345 e. The van der Waals surface area contributed by atoms with Crippen LogP contribution in [0.4, 0.5) is 0 Å². The summed E-state index contributed by atoms with van der Waals surface area (Å²) in [4.78, 5) is -1.22. The second-order valence-corrected chi connectivity index (χ2v) is 6.22. The zero-order chi connectivity index (χ0) is 13.8. The van der Waals surface area contributed by atoms with E-state index in [9.17, 15) is 0 Å². The minimum atomic E-state index is -0.775. The van der Waals surface area contributed by atoms with E-state index in [4.69, 9.17) is 65.4 Å². The Hall–Kier alpha value is 1.000. The van der Waals surface area contributed by atoms with Gasteiger partial charge in [-0.2, -0.15) is 0 Å². The molecular weight excluding hydrogens is 326 g/mol. The van der Waals surface area contributed by atoms with Crippen molar-refractivity contribution in [2.24, 2.45) is 0 Å². The second-order valence-electron chi connectivity index (χ2n) is 4.03. The molecule has 0 amide bonds. The minimum absolute atomic E-state index is 0.576. The molecule has 2 rings (SSSR count). The summed E-state index contributed by atoms with van der Waals surface area (Å²) in [5, 5.41) is 0. The summed E-state index contributed by atoms with van der Waals surface area (Å²) in [6, 6.07) is 0. The van der Waals surface area contributed by atoms with Crippen LogP contribution in [0, 0.1) is 0 Å². The summed E-state index contributed by atoms with van der Waals surface area (Å²) in [6.07, 6.45) is 0. The molecular formula is C10H16Cl4O4. The molecule has 0 radical (unpaired) electrons. The largest absolute Gasteiger partial charge is 0.345 e. The van der Waals surface area contributed by atoms with E-state index >= 15 is 0 Å². The van der Waals surface area contributed by atoms with Gasteiger partial charge in [-0.1, -0.05) is 46.4 Å². The normalized spacial score (nSPS) is 25.3. The lowest BCUT2D eigenvalue weighted by Crippen LogP contribution is -2.33. The Morgan fingerprint density at radius 1 is 0.667 bits per heavy atom. The van der Waals surface area contributed by atoms with Crippen LogP contribution in [0.25, 0.3) is 0 Å². The summed E-state index contributed by atoms with van der Waals surface area (Å²) in [5.74, 6) is -1.55. The standard InChI is InChI=1S/2C5H8Cl2O2/c2*1-5(4(6)7)8-2-3-9-5/h2*4H,2-3H2,1H3. The highest BCUT2D eigenvalue weighted by molar-refractivity contribution is 6.45. The summed E-state index contributed by atoms with van der Waals surface area (Å²) >= 11 is 22.2. The molecule has 8 heteroatoms. The van der Waals surface area contributed by atoms with Gasteiger partial charge in [-0.15, -0.1) is 0 Å². The lowest BCUT2D eigenvalue weighted by Gasteiger charge is -2.22. The van der Waals surface area contributed by atoms with E-state index < -0.39 is 21.2 Å². The maximum absolute atomic E-state index is 5.54. The third-order valence-corrected chi connectivity index (χ3v) is 4.10. The predicted octanol–water partition coefficient (Wildman–Crippen LogP) is 3.11. The molecule has 0 spiro atoms. The van der Waals surface area contributed by atoms with Gasteiger partial charge in [0.1, 0.15) is 0 Å². The van der Waals surface area contributed by atoms with Gasteiger partial charge in [0.2, 0.25) is 0 Å². The fraction of sp³-hybridized carbons (Fsp3) is 1.00. The lowest BCUT2D eigenvalue weighted by molar-refractivity contribution is -0.130. The van der Waals surface area contributed by atoms with Gasteiger partial charge >= 0.3 is 0 Å². The number of alkyl halides is 4. The molecule has 18 heavy (non-hydrogen) atoms. The topological polar surface area (TPSA) is 36.9 Å². The van der Waals surface area contributed by atoms with Crippen LogP contribution in [0.5, 0.6) is 0 Å². The molecule has 0 atom stereocenters. The molecule has 2 aliphatic rings. The zero-order valence-corrected chi connectivity index (χ0v) is 13.2. The van der Waals surface area contributed by atoms with Gasteiger partial charge in [0.25, 0.3) is 0 Å². The molecule has 4 nitrogen and oxygen atoms in total. The Labute approximate surface area is 127 Å². The predicted molar refractivity (Wildman–Crippen MR) is 71.6 cm³/mol. The highest BCUT2D eigenvalue weighted by Crippen LogP contribution is 2.29. The second kappa shape index (κ2) is 7.14. The first-order valence-corrected chi connectivity index (χ1v) is 7.17. The molecule has 0 saturated carbocycles. The molecule has 2 aliphatic heterocycles. The number of ether oxygens (including phenoxy) is 4. The average molecular weight is 342 g/mol. The lowest BCUT2D eigenvalue weighted by atomic mass is 10.4. The first-order chi connectivity index (χ1) is 8.30. The molecule has 0 aromatic rings. The quantitative estimate of drug-likeness (QED) is 0.723. The molecule has 0 aliphatic carbocycles. The van der Waals surface area contributed by atoms with Crippen molar-refractivity contribution < 1.29 is 18.9 Å². The van der Waals surface area contributed by atoms with Crippen LogP contribution in [0.3, 0.4) is 0 Å². The van der Waals surface area contributed by atoms with Gasteiger partial charge in [-0.25, -0.2) is 0 Å². The number of halogens is 4. The Morgan fingerprint density at radius 2 is 0.889 bits per heavy atom. The van der Waals surface area contributed by atoms with Crippen LogP contribution in [-0.2, 0) is 18.9 Å². The van der Waals surface area contributed by atoms with E-state index in [0.717, 1.165) is 0 Å². The fourth-order valence-electron chi connectivity index (χ4n) is 1.31. The van der Waals surface area contributed by atoms with Gasteiger partial charge in [0.15, 0.2) is 21.2 Å². The third-order valence-electron chi connectivity index (χ3n) is 2.51. The molecule has 2 fully saturated rings. The number of hydrogen-bond acceptors (Lipinski definition) is 4. The Balaban J connectivity index is 0.000000180. The maximum atomic E-state index is 5.54. The van der Waals surface area contributed by atoms with Crippen molar-refractivity contribution in [1.82, 2.24) is 0 Å². The van der Waals surface area contributed by atoms with Crippen molar-refractivity contribution in [1.29, 1.82) is 0 Å². The molecule has 2 saturated heterocycles.